The molecule has 0 saturated heterocycles. The van der Waals surface area contributed by atoms with Crippen LogP contribution in [-0.2, 0) is 28.6 Å². The van der Waals surface area contributed by atoms with E-state index < -0.39 is 18.1 Å². The van der Waals surface area contributed by atoms with E-state index in [2.05, 4.69) is 86.8 Å². The number of carbonyl (C=O) groups is 3. The average Bonchev–Trinajstić information content (AvgIpc) is 3.17. The number of ether oxygens (including phenoxy) is 3. The molecule has 0 spiro atoms. The zero-order valence-electron chi connectivity index (χ0n) is 36.7. The number of aliphatic carboxylic acids is 1. The van der Waals surface area contributed by atoms with Gasteiger partial charge < -0.3 is 28.6 Å². The Labute approximate surface area is 348 Å². The summed E-state index contributed by atoms with van der Waals surface area (Å²) in [6, 6.07) is -0.735. The fraction of sp³-hybridized carbons (Fsp3) is 0.653. The second kappa shape index (κ2) is 39.3. The Morgan fingerprint density at radius 2 is 1.02 bits per heavy atom. The summed E-state index contributed by atoms with van der Waals surface area (Å²) >= 11 is 0. The van der Waals surface area contributed by atoms with Crippen molar-refractivity contribution in [2.24, 2.45) is 0 Å². The van der Waals surface area contributed by atoms with Gasteiger partial charge in [0.05, 0.1) is 40.3 Å². The topological polar surface area (TPSA) is 102 Å². The van der Waals surface area contributed by atoms with Crippen molar-refractivity contribution < 1.29 is 38.2 Å². The summed E-state index contributed by atoms with van der Waals surface area (Å²) in [5, 5.41) is 11.6. The molecule has 324 valence electrons. The zero-order chi connectivity index (χ0) is 42.1. The Balaban J connectivity index is 4.38. The van der Waals surface area contributed by atoms with Crippen molar-refractivity contribution in [3.05, 3.63) is 85.1 Å². The summed E-state index contributed by atoms with van der Waals surface area (Å²) in [5.41, 5.74) is 0. The van der Waals surface area contributed by atoms with Crippen LogP contribution in [-0.4, -0.2) is 75.5 Å². The lowest BCUT2D eigenvalue weighted by atomic mass is 10.1. The van der Waals surface area contributed by atoms with Crippen molar-refractivity contribution in [2.75, 3.05) is 41.0 Å². The molecule has 0 N–H and O–H groups in total. The van der Waals surface area contributed by atoms with Crippen LogP contribution < -0.4 is 5.11 Å². The summed E-state index contributed by atoms with van der Waals surface area (Å²) in [4.78, 5) is 36.8. The van der Waals surface area contributed by atoms with Crippen LogP contribution in [0.15, 0.2) is 85.1 Å². The van der Waals surface area contributed by atoms with Gasteiger partial charge in [0.25, 0.3) is 0 Å². The van der Waals surface area contributed by atoms with Crippen molar-refractivity contribution in [1.82, 2.24) is 0 Å². The number of hydrogen-bond donors (Lipinski definition) is 0. The van der Waals surface area contributed by atoms with Crippen LogP contribution in [0.4, 0.5) is 0 Å². The Hall–Kier alpha value is -3.49. The number of carboxylic acid groups (broad SMARTS) is 1. The number of rotatable bonds is 38. The van der Waals surface area contributed by atoms with Gasteiger partial charge in [-0.2, -0.15) is 0 Å². The van der Waals surface area contributed by atoms with E-state index in [1.54, 1.807) is 21.1 Å². The lowest BCUT2D eigenvalue weighted by Crippen LogP contribution is -2.55. The summed E-state index contributed by atoms with van der Waals surface area (Å²) in [6.45, 7) is 4.36. The fourth-order valence-corrected chi connectivity index (χ4v) is 5.94. The van der Waals surface area contributed by atoms with E-state index in [4.69, 9.17) is 14.2 Å². The molecule has 8 heteroatoms. The molecule has 0 heterocycles. The van der Waals surface area contributed by atoms with Crippen LogP contribution in [0.5, 0.6) is 0 Å². The predicted molar refractivity (Wildman–Crippen MR) is 235 cm³/mol. The van der Waals surface area contributed by atoms with Crippen LogP contribution in [0.1, 0.15) is 155 Å². The highest BCUT2D eigenvalue weighted by molar-refractivity contribution is 5.70. The number of carbonyl (C=O) groups excluding carboxylic acids is 3. The van der Waals surface area contributed by atoms with Crippen molar-refractivity contribution in [3.8, 4) is 0 Å². The maximum absolute atomic E-state index is 12.7. The quantitative estimate of drug-likeness (QED) is 0.0202. The molecule has 0 amide bonds. The molecule has 0 bridgehead atoms. The van der Waals surface area contributed by atoms with Gasteiger partial charge in [0.1, 0.15) is 12.6 Å². The third-order valence-electron chi connectivity index (χ3n) is 9.34. The molecule has 0 radical (unpaired) electrons. The molecule has 57 heavy (non-hydrogen) atoms. The number of hydrogen-bond acceptors (Lipinski definition) is 7. The lowest BCUT2D eigenvalue weighted by molar-refractivity contribution is -0.889. The number of nitrogens with zero attached hydrogens (tertiary/aromatic N) is 1. The maximum Gasteiger partial charge on any atom is 0.306 e. The first-order valence-electron chi connectivity index (χ1n) is 22.1. The van der Waals surface area contributed by atoms with Gasteiger partial charge in [-0.05, 0) is 70.6 Å². The molecule has 0 aliphatic rings. The third-order valence-corrected chi connectivity index (χ3v) is 9.34. The first kappa shape index (κ1) is 53.5. The number of allylic oxidation sites excluding steroid dienone is 14. The van der Waals surface area contributed by atoms with Crippen molar-refractivity contribution in [2.45, 2.75) is 167 Å². The number of likely N-dealkylation sites (N-methyl/N-ethyl adjacent to an activating group) is 1. The fourth-order valence-electron chi connectivity index (χ4n) is 5.94. The molecule has 0 aliphatic heterocycles. The van der Waals surface area contributed by atoms with E-state index in [0.29, 0.717) is 12.8 Å². The molecule has 0 aromatic rings. The van der Waals surface area contributed by atoms with Gasteiger partial charge >= 0.3 is 11.9 Å². The van der Waals surface area contributed by atoms with Crippen molar-refractivity contribution in [1.29, 1.82) is 0 Å². The van der Waals surface area contributed by atoms with Crippen LogP contribution in [0.3, 0.4) is 0 Å². The van der Waals surface area contributed by atoms with Crippen LogP contribution in [0.2, 0.25) is 0 Å². The zero-order valence-corrected chi connectivity index (χ0v) is 36.7. The number of carboxylic acids is 1. The maximum atomic E-state index is 12.7. The second-order valence-corrected chi connectivity index (χ2v) is 15.6. The highest BCUT2D eigenvalue weighted by Crippen LogP contribution is 2.13. The Kier molecular flexibility index (Phi) is 36.9. The number of esters is 2. The Morgan fingerprint density at radius 1 is 0.544 bits per heavy atom. The first-order chi connectivity index (χ1) is 27.6. The van der Waals surface area contributed by atoms with Gasteiger partial charge in [0.2, 0.25) is 0 Å². The van der Waals surface area contributed by atoms with Gasteiger partial charge in [-0.15, -0.1) is 0 Å². The average molecular weight is 796 g/mol. The van der Waals surface area contributed by atoms with Gasteiger partial charge in [-0.1, -0.05) is 150 Å². The lowest BCUT2D eigenvalue weighted by Gasteiger charge is -2.34. The predicted octanol–water partition coefficient (Wildman–Crippen LogP) is 10.8. The monoisotopic (exact) mass is 796 g/mol. The molecular formula is C49H81NO7. The second-order valence-electron chi connectivity index (χ2n) is 15.6. The highest BCUT2D eigenvalue weighted by atomic mass is 16.6. The molecule has 0 saturated carbocycles. The molecule has 0 aliphatic carbocycles. The van der Waals surface area contributed by atoms with Gasteiger partial charge in [0, 0.05) is 19.3 Å². The van der Waals surface area contributed by atoms with Crippen LogP contribution in [0, 0.1) is 0 Å². The van der Waals surface area contributed by atoms with E-state index >= 15 is 0 Å². The van der Waals surface area contributed by atoms with Gasteiger partial charge in [-0.3, -0.25) is 9.59 Å². The molecule has 0 fully saturated rings. The minimum absolute atomic E-state index is 0.0243. The molecular weight excluding hydrogens is 715 g/mol. The minimum atomic E-state index is -1.13. The Morgan fingerprint density at radius 3 is 1.56 bits per heavy atom. The largest absolute Gasteiger partial charge is 0.544 e. The molecule has 2 unspecified atom stereocenters. The number of unbranched alkanes of at least 4 members (excludes halogenated alkanes) is 12. The SMILES string of the molecule is CC/C=C/C=C/C=C/CCCCCCCC(=O)OCC(COCCC(C(=O)[O-])[N+](C)(C)C)OC(=O)CCCCCCCCC/C=C/C/C=C/C/C=C/C/C=C/CC. The summed E-state index contributed by atoms with van der Waals surface area (Å²) in [6.07, 6.45) is 50.3. The van der Waals surface area contributed by atoms with E-state index in [1.165, 1.54) is 19.3 Å². The molecule has 0 aromatic carbocycles. The van der Waals surface area contributed by atoms with Gasteiger partial charge in [-0.25, -0.2) is 0 Å². The van der Waals surface area contributed by atoms with E-state index in [-0.39, 0.29) is 42.7 Å². The molecule has 0 rings (SSSR count). The van der Waals surface area contributed by atoms with Crippen LogP contribution >= 0.6 is 0 Å². The standard InChI is InChI=1S/C49H81NO7/c1-6-8-10-12-14-16-18-20-21-22-23-24-25-26-28-30-32-34-36-38-40-48(52)57-45(43-55-42-41-46(49(53)54)50(3,4)5)44-56-47(51)39-37-35-33-31-29-27-19-17-15-13-11-9-7-2/h8-11,13-17,19-21,23-24,45-46H,6-7,12,18,22,25-44H2,1-5H3/b10-8+,11-9+,15-13+,16-14+,19-17+,21-20+,24-23+. The third kappa shape index (κ3) is 37.8. The van der Waals surface area contributed by atoms with Crippen molar-refractivity contribution in [3.63, 3.8) is 0 Å². The summed E-state index contributed by atoms with van der Waals surface area (Å²) in [5.74, 6) is -1.79. The van der Waals surface area contributed by atoms with E-state index in [9.17, 15) is 19.5 Å². The molecule has 0 aromatic heterocycles. The van der Waals surface area contributed by atoms with Crippen LogP contribution in [0.25, 0.3) is 0 Å². The minimum Gasteiger partial charge on any atom is -0.544 e. The molecule has 8 nitrogen and oxygen atoms in total. The van der Waals surface area contributed by atoms with Gasteiger partial charge in [0.15, 0.2) is 6.10 Å². The highest BCUT2D eigenvalue weighted by Gasteiger charge is 2.25. The van der Waals surface area contributed by atoms with E-state index in [0.717, 1.165) is 103 Å². The smallest absolute Gasteiger partial charge is 0.306 e. The summed E-state index contributed by atoms with van der Waals surface area (Å²) in [7, 11) is 5.38. The van der Waals surface area contributed by atoms with Crippen molar-refractivity contribution >= 4 is 17.9 Å². The normalized spacial score (nSPS) is 13.8. The first-order valence-corrected chi connectivity index (χ1v) is 22.1. The van der Waals surface area contributed by atoms with E-state index in [1.807, 2.05) is 12.2 Å². The Bertz CT molecular complexity index is 1200. The number of quaternary nitrogens is 1. The summed E-state index contributed by atoms with van der Waals surface area (Å²) < 4.78 is 17.1. The molecule has 2 atom stereocenters.